The van der Waals surface area contributed by atoms with Gasteiger partial charge in [0.25, 0.3) is 5.91 Å². The van der Waals surface area contributed by atoms with Crippen molar-refractivity contribution in [2.75, 3.05) is 30.1 Å². The van der Waals surface area contributed by atoms with E-state index in [-0.39, 0.29) is 29.4 Å². The van der Waals surface area contributed by atoms with Crippen molar-refractivity contribution in [3.05, 3.63) is 54.6 Å². The zero-order chi connectivity index (χ0) is 20.4. The van der Waals surface area contributed by atoms with E-state index >= 15 is 0 Å². The summed E-state index contributed by atoms with van der Waals surface area (Å²) in [6.07, 6.45) is 0. The van der Waals surface area contributed by atoms with Gasteiger partial charge < -0.3 is 14.4 Å². The van der Waals surface area contributed by atoms with Gasteiger partial charge in [0, 0.05) is 5.25 Å². The maximum absolute atomic E-state index is 12.4. The molecule has 2 saturated heterocycles. The Bertz CT molecular complexity index is 1040. The van der Waals surface area contributed by atoms with Gasteiger partial charge in [0.2, 0.25) is 0 Å². The van der Waals surface area contributed by atoms with E-state index in [1.54, 1.807) is 25.3 Å². The number of amidine groups is 1. The first-order valence-electron chi connectivity index (χ1n) is 9.05. The number of rotatable bonds is 5. The first kappa shape index (κ1) is 19.8. The van der Waals surface area contributed by atoms with Crippen molar-refractivity contribution >= 4 is 38.4 Å². The van der Waals surface area contributed by atoms with Crippen molar-refractivity contribution in [3.8, 4) is 11.5 Å². The third-order valence-corrected chi connectivity index (χ3v) is 7.95. The molecule has 0 aliphatic carbocycles. The summed E-state index contributed by atoms with van der Waals surface area (Å²) in [5, 5.41) is 0.299. The molecule has 0 aromatic heterocycles. The molecule has 0 radical (unpaired) electrons. The van der Waals surface area contributed by atoms with Crippen molar-refractivity contribution in [2.24, 2.45) is 4.99 Å². The van der Waals surface area contributed by atoms with Crippen molar-refractivity contribution in [2.45, 2.75) is 11.3 Å². The number of ether oxygens (including phenoxy) is 2. The van der Waals surface area contributed by atoms with Gasteiger partial charge >= 0.3 is 0 Å². The highest BCUT2D eigenvalue weighted by atomic mass is 32.2. The molecular weight excluding hydrogens is 412 g/mol. The van der Waals surface area contributed by atoms with E-state index < -0.39 is 15.7 Å². The Balaban J connectivity index is 1.61. The molecule has 0 saturated carbocycles. The number of aliphatic imine (C=N–C) groups is 1. The maximum atomic E-state index is 12.4. The number of hydrogen-bond acceptors (Lipinski definition) is 6. The molecule has 2 aliphatic heterocycles. The Morgan fingerprint density at radius 2 is 1.86 bits per heavy atom. The summed E-state index contributed by atoms with van der Waals surface area (Å²) < 4.78 is 35.3. The minimum atomic E-state index is -3.13. The van der Waals surface area contributed by atoms with Crippen LogP contribution >= 0.6 is 11.8 Å². The minimum absolute atomic E-state index is 0.0242. The fraction of sp³-hybridized carbons (Fsp3) is 0.300. The lowest BCUT2D eigenvalue weighted by Gasteiger charge is -2.26. The molecule has 7 nitrogen and oxygen atoms in total. The maximum Gasteiger partial charge on any atom is 0.285 e. The standard InChI is InChI=1S/C20H20N2O5S2/c1-26-17-10-6-5-9-15(17)22-16-12-29(24,25)13-18(16)28-20(22)21-19(23)11-27-14-7-3-2-4-8-14/h2-10,16,18H,11-13H2,1H3/t16-,18-/m0/s1. The van der Waals surface area contributed by atoms with Gasteiger partial charge in [-0.2, -0.15) is 4.99 Å². The van der Waals surface area contributed by atoms with E-state index in [0.717, 1.165) is 0 Å². The minimum Gasteiger partial charge on any atom is -0.495 e. The van der Waals surface area contributed by atoms with Crippen molar-refractivity contribution in [1.82, 2.24) is 0 Å². The lowest BCUT2D eigenvalue weighted by Crippen LogP contribution is -2.38. The quantitative estimate of drug-likeness (QED) is 0.717. The Hall–Kier alpha value is -2.52. The highest BCUT2D eigenvalue weighted by molar-refractivity contribution is 8.16. The Kier molecular flexibility index (Phi) is 5.51. The highest BCUT2D eigenvalue weighted by Crippen LogP contribution is 2.43. The molecule has 1 amide bonds. The lowest BCUT2D eigenvalue weighted by atomic mass is 10.2. The van der Waals surface area contributed by atoms with Gasteiger partial charge in [-0.3, -0.25) is 4.79 Å². The molecule has 2 aromatic rings. The predicted molar refractivity (Wildman–Crippen MR) is 114 cm³/mol. The summed E-state index contributed by atoms with van der Waals surface area (Å²) in [6, 6.07) is 16.1. The van der Waals surface area contributed by atoms with Gasteiger partial charge in [-0.25, -0.2) is 8.42 Å². The molecule has 9 heteroatoms. The molecule has 2 fully saturated rings. The van der Waals surface area contributed by atoms with E-state index in [2.05, 4.69) is 4.99 Å². The fourth-order valence-corrected chi connectivity index (χ4v) is 7.40. The monoisotopic (exact) mass is 432 g/mol. The number of nitrogens with zero attached hydrogens (tertiary/aromatic N) is 2. The first-order valence-corrected chi connectivity index (χ1v) is 11.8. The Labute approximate surface area is 173 Å². The number of thioether (sulfide) groups is 1. The molecule has 2 heterocycles. The smallest absolute Gasteiger partial charge is 0.285 e. The number of methoxy groups -OCH3 is 1. The Morgan fingerprint density at radius 1 is 1.14 bits per heavy atom. The van der Waals surface area contributed by atoms with Gasteiger partial charge in [-0.1, -0.05) is 42.1 Å². The zero-order valence-electron chi connectivity index (χ0n) is 15.7. The number of benzene rings is 2. The van der Waals surface area contributed by atoms with E-state index in [1.807, 2.05) is 41.3 Å². The number of sulfone groups is 1. The molecule has 0 bridgehead atoms. The van der Waals surface area contributed by atoms with Crippen LogP contribution in [-0.4, -0.2) is 56.0 Å². The second-order valence-electron chi connectivity index (χ2n) is 6.73. The van der Waals surface area contributed by atoms with Crippen LogP contribution in [0.1, 0.15) is 0 Å². The second-order valence-corrected chi connectivity index (χ2v) is 10.1. The number of fused-ring (bicyclic) bond motifs is 1. The van der Waals surface area contributed by atoms with Crippen LogP contribution in [0.25, 0.3) is 0 Å². The predicted octanol–water partition coefficient (Wildman–Crippen LogP) is 2.38. The molecule has 0 spiro atoms. The SMILES string of the molecule is COc1ccccc1N1C(=NC(=O)COc2ccccc2)S[C@H]2CS(=O)(=O)C[C@@H]21. The number of carbonyl (C=O) groups excluding carboxylic acids is 1. The average Bonchev–Trinajstić information content (AvgIpc) is 3.17. The number of hydrogen-bond donors (Lipinski definition) is 0. The fourth-order valence-electron chi connectivity index (χ4n) is 3.48. The molecule has 4 rings (SSSR count). The first-order chi connectivity index (χ1) is 14.0. The molecule has 0 unspecified atom stereocenters. The lowest BCUT2D eigenvalue weighted by molar-refractivity contribution is -0.119. The summed E-state index contributed by atoms with van der Waals surface area (Å²) in [4.78, 5) is 18.5. The van der Waals surface area contributed by atoms with E-state index in [1.165, 1.54) is 11.8 Å². The summed E-state index contributed by atoms with van der Waals surface area (Å²) in [5.41, 5.74) is 0.697. The van der Waals surface area contributed by atoms with Crippen molar-refractivity contribution < 1.29 is 22.7 Å². The Morgan fingerprint density at radius 3 is 2.62 bits per heavy atom. The molecule has 2 aromatic carbocycles. The molecule has 29 heavy (non-hydrogen) atoms. The zero-order valence-corrected chi connectivity index (χ0v) is 17.4. The van der Waals surface area contributed by atoms with Crippen LogP contribution in [-0.2, 0) is 14.6 Å². The van der Waals surface area contributed by atoms with Crippen LogP contribution in [0.3, 0.4) is 0 Å². The summed E-state index contributed by atoms with van der Waals surface area (Å²) >= 11 is 1.32. The second kappa shape index (κ2) is 8.08. The normalized spacial score (nSPS) is 23.8. The largest absolute Gasteiger partial charge is 0.495 e. The van der Waals surface area contributed by atoms with Gasteiger partial charge in [-0.15, -0.1) is 0 Å². The highest BCUT2D eigenvalue weighted by Gasteiger charge is 2.50. The van der Waals surface area contributed by atoms with E-state index in [9.17, 15) is 13.2 Å². The van der Waals surface area contributed by atoms with Crippen LogP contribution in [0, 0.1) is 0 Å². The van der Waals surface area contributed by atoms with Crippen molar-refractivity contribution in [1.29, 1.82) is 0 Å². The van der Waals surface area contributed by atoms with Crippen LogP contribution in [0.5, 0.6) is 11.5 Å². The van der Waals surface area contributed by atoms with Gasteiger partial charge in [0.15, 0.2) is 21.6 Å². The molecule has 152 valence electrons. The molecule has 2 aliphatic rings. The third kappa shape index (κ3) is 4.25. The topological polar surface area (TPSA) is 85.3 Å². The van der Waals surface area contributed by atoms with Crippen molar-refractivity contribution in [3.63, 3.8) is 0 Å². The van der Waals surface area contributed by atoms with Gasteiger partial charge in [0.05, 0.1) is 30.3 Å². The van der Waals surface area contributed by atoms with Crippen LogP contribution in [0.2, 0.25) is 0 Å². The van der Waals surface area contributed by atoms with Crippen LogP contribution in [0.4, 0.5) is 5.69 Å². The number of anilines is 1. The number of amides is 1. The van der Waals surface area contributed by atoms with Crippen LogP contribution in [0.15, 0.2) is 59.6 Å². The molecule has 2 atom stereocenters. The van der Waals surface area contributed by atoms with Gasteiger partial charge in [0.1, 0.15) is 11.5 Å². The number of carbonyl (C=O) groups is 1. The summed E-state index contributed by atoms with van der Waals surface area (Å²) in [6.45, 7) is -0.193. The van der Waals surface area contributed by atoms with E-state index in [4.69, 9.17) is 9.47 Å². The number of para-hydroxylation sites is 3. The molecule has 0 N–H and O–H groups in total. The summed E-state index contributed by atoms with van der Waals surface area (Å²) in [7, 11) is -1.58. The van der Waals surface area contributed by atoms with Gasteiger partial charge in [-0.05, 0) is 24.3 Å². The van der Waals surface area contributed by atoms with E-state index in [0.29, 0.717) is 22.4 Å². The molecular formula is C20H20N2O5S2. The van der Waals surface area contributed by atoms with Crippen LogP contribution < -0.4 is 14.4 Å². The summed E-state index contributed by atoms with van der Waals surface area (Å²) in [5.74, 6) is 0.848. The third-order valence-electron chi connectivity index (χ3n) is 4.74. The average molecular weight is 433 g/mol.